The molecule has 0 radical (unpaired) electrons. The molecule has 0 spiro atoms. The van der Waals surface area contributed by atoms with Gasteiger partial charge in [-0.2, -0.15) is 0 Å². The van der Waals surface area contributed by atoms with Crippen LogP contribution in [0.1, 0.15) is 155 Å². The van der Waals surface area contributed by atoms with Gasteiger partial charge in [-0.1, -0.05) is 132 Å². The molecule has 53 heavy (non-hydrogen) atoms. The maximum absolute atomic E-state index is 12.6. The van der Waals surface area contributed by atoms with E-state index in [9.17, 15) is 19.0 Å². The van der Waals surface area contributed by atoms with E-state index in [0.717, 1.165) is 77.0 Å². The van der Waals surface area contributed by atoms with Crippen molar-refractivity contribution < 1.29 is 42.7 Å². The fraction of sp³-hybridized carbons (Fsp3) is 0.714. The van der Waals surface area contributed by atoms with Crippen LogP contribution in [-0.4, -0.2) is 60.5 Å². The SMILES string of the molecule is CC/C=C\C/C=C\C/C=C\C/C=C\CCCCCCC(=O)OC(COCCCCCCCC/C=C\CCCCCC)COP(=O)(O)OCC(N)C(=O)O. The number of aliphatic carboxylic acids is 1. The summed E-state index contributed by atoms with van der Waals surface area (Å²) in [5, 5.41) is 8.88. The van der Waals surface area contributed by atoms with E-state index < -0.39 is 45.1 Å². The summed E-state index contributed by atoms with van der Waals surface area (Å²) in [6.07, 6.45) is 44.1. The minimum absolute atomic E-state index is 0.0000269. The van der Waals surface area contributed by atoms with E-state index in [1.807, 2.05) is 0 Å². The first-order valence-electron chi connectivity index (χ1n) is 20.3. The topological polar surface area (TPSA) is 155 Å². The number of hydrogen-bond acceptors (Lipinski definition) is 8. The summed E-state index contributed by atoms with van der Waals surface area (Å²) in [5.74, 6) is -1.81. The number of phosphoric ester groups is 1. The third-order valence-electron chi connectivity index (χ3n) is 8.28. The second-order valence-electron chi connectivity index (χ2n) is 13.4. The molecule has 0 fully saturated rings. The van der Waals surface area contributed by atoms with Crippen molar-refractivity contribution >= 4 is 19.8 Å². The number of carbonyl (C=O) groups is 2. The molecule has 0 aromatic carbocycles. The summed E-state index contributed by atoms with van der Waals surface area (Å²) in [4.78, 5) is 33.5. The van der Waals surface area contributed by atoms with Crippen molar-refractivity contribution in [2.24, 2.45) is 5.73 Å². The van der Waals surface area contributed by atoms with Gasteiger partial charge >= 0.3 is 19.8 Å². The molecule has 0 saturated carbocycles. The van der Waals surface area contributed by atoms with Crippen LogP contribution in [-0.2, 0) is 32.7 Å². The summed E-state index contributed by atoms with van der Waals surface area (Å²) < 4.78 is 33.2. The Morgan fingerprint density at radius 3 is 1.66 bits per heavy atom. The van der Waals surface area contributed by atoms with Gasteiger partial charge in [0, 0.05) is 13.0 Å². The zero-order chi connectivity index (χ0) is 39.1. The molecule has 0 bridgehead atoms. The average molecular weight is 768 g/mol. The number of carbonyl (C=O) groups excluding carboxylic acids is 1. The molecule has 0 aliphatic heterocycles. The quantitative estimate of drug-likeness (QED) is 0.0239. The molecule has 0 amide bonds. The fourth-order valence-electron chi connectivity index (χ4n) is 5.12. The van der Waals surface area contributed by atoms with Gasteiger partial charge in [-0.25, -0.2) is 4.57 Å². The smallest absolute Gasteiger partial charge is 0.472 e. The first-order valence-corrected chi connectivity index (χ1v) is 21.8. The average Bonchev–Trinajstić information content (AvgIpc) is 3.13. The van der Waals surface area contributed by atoms with Gasteiger partial charge in [0.1, 0.15) is 12.1 Å². The fourth-order valence-corrected chi connectivity index (χ4v) is 5.90. The molecule has 3 atom stereocenters. The number of unbranched alkanes of at least 4 members (excludes halogenated alkanes) is 14. The number of nitrogens with two attached hydrogens (primary N) is 1. The van der Waals surface area contributed by atoms with Crippen LogP contribution in [0.5, 0.6) is 0 Å². The minimum atomic E-state index is -4.62. The summed E-state index contributed by atoms with van der Waals surface area (Å²) in [6.45, 7) is 3.69. The minimum Gasteiger partial charge on any atom is -0.480 e. The van der Waals surface area contributed by atoms with Crippen molar-refractivity contribution in [2.45, 2.75) is 167 Å². The van der Waals surface area contributed by atoms with Crippen LogP contribution >= 0.6 is 7.82 Å². The number of hydrogen-bond donors (Lipinski definition) is 3. The number of esters is 1. The van der Waals surface area contributed by atoms with Crippen molar-refractivity contribution in [2.75, 3.05) is 26.4 Å². The van der Waals surface area contributed by atoms with Crippen molar-refractivity contribution in [3.63, 3.8) is 0 Å². The zero-order valence-electron chi connectivity index (χ0n) is 33.1. The third-order valence-corrected chi connectivity index (χ3v) is 9.23. The monoisotopic (exact) mass is 768 g/mol. The molecule has 0 aliphatic rings. The van der Waals surface area contributed by atoms with Gasteiger partial charge in [-0.05, 0) is 77.0 Å². The lowest BCUT2D eigenvalue weighted by Gasteiger charge is -2.20. The van der Waals surface area contributed by atoms with Crippen LogP contribution in [0.25, 0.3) is 0 Å². The van der Waals surface area contributed by atoms with E-state index in [-0.39, 0.29) is 13.0 Å². The van der Waals surface area contributed by atoms with Gasteiger partial charge in [0.2, 0.25) is 0 Å². The number of phosphoric acid groups is 1. The second kappa shape index (κ2) is 38.0. The first-order chi connectivity index (χ1) is 25.7. The van der Waals surface area contributed by atoms with Gasteiger partial charge in [-0.15, -0.1) is 0 Å². The zero-order valence-corrected chi connectivity index (χ0v) is 34.0. The van der Waals surface area contributed by atoms with E-state index >= 15 is 0 Å². The lowest BCUT2D eigenvalue weighted by molar-refractivity contribution is -0.154. The van der Waals surface area contributed by atoms with Crippen molar-refractivity contribution in [3.05, 3.63) is 60.8 Å². The highest BCUT2D eigenvalue weighted by Gasteiger charge is 2.27. The Bertz CT molecular complexity index is 1070. The highest BCUT2D eigenvalue weighted by molar-refractivity contribution is 7.47. The first kappa shape index (κ1) is 50.7. The van der Waals surface area contributed by atoms with Gasteiger partial charge < -0.3 is 25.2 Å². The number of rotatable bonds is 38. The van der Waals surface area contributed by atoms with Crippen LogP contribution in [0, 0.1) is 0 Å². The summed E-state index contributed by atoms with van der Waals surface area (Å²) in [5.41, 5.74) is 5.34. The number of carboxylic acids is 1. The summed E-state index contributed by atoms with van der Waals surface area (Å²) >= 11 is 0. The van der Waals surface area contributed by atoms with Crippen LogP contribution in [0.2, 0.25) is 0 Å². The van der Waals surface area contributed by atoms with E-state index in [0.29, 0.717) is 13.0 Å². The molecule has 306 valence electrons. The lowest BCUT2D eigenvalue weighted by Crippen LogP contribution is -2.34. The van der Waals surface area contributed by atoms with Gasteiger partial charge in [0.15, 0.2) is 0 Å². The molecule has 0 rings (SSSR count). The molecular weight excluding hydrogens is 693 g/mol. The van der Waals surface area contributed by atoms with Gasteiger partial charge in [-0.3, -0.25) is 18.6 Å². The van der Waals surface area contributed by atoms with Crippen molar-refractivity contribution in [1.29, 1.82) is 0 Å². The van der Waals surface area contributed by atoms with E-state index in [1.165, 1.54) is 51.4 Å². The van der Waals surface area contributed by atoms with Crippen LogP contribution in [0.4, 0.5) is 0 Å². The van der Waals surface area contributed by atoms with E-state index in [1.54, 1.807) is 0 Å². The highest BCUT2D eigenvalue weighted by Crippen LogP contribution is 2.43. The van der Waals surface area contributed by atoms with E-state index in [4.69, 9.17) is 29.4 Å². The molecule has 10 nitrogen and oxygen atoms in total. The molecule has 0 aromatic rings. The summed E-state index contributed by atoms with van der Waals surface area (Å²) in [6, 6.07) is -1.48. The van der Waals surface area contributed by atoms with Gasteiger partial charge in [0.05, 0.1) is 19.8 Å². The Balaban J connectivity index is 4.35. The normalized spacial score (nSPS) is 14.6. The third kappa shape index (κ3) is 37.8. The van der Waals surface area contributed by atoms with Gasteiger partial charge in [0.25, 0.3) is 0 Å². The highest BCUT2D eigenvalue weighted by atomic mass is 31.2. The van der Waals surface area contributed by atoms with Crippen LogP contribution < -0.4 is 5.73 Å². The Labute approximate surface area is 322 Å². The predicted molar refractivity (Wildman–Crippen MR) is 217 cm³/mol. The molecule has 4 N–H and O–H groups in total. The molecule has 0 heterocycles. The maximum atomic E-state index is 12.6. The maximum Gasteiger partial charge on any atom is 0.472 e. The van der Waals surface area contributed by atoms with Crippen LogP contribution in [0.15, 0.2) is 60.8 Å². The van der Waals surface area contributed by atoms with Crippen LogP contribution in [0.3, 0.4) is 0 Å². The Hall–Kier alpha value is -2.33. The Kier molecular flexibility index (Phi) is 36.3. The Morgan fingerprint density at radius 2 is 1.09 bits per heavy atom. The largest absolute Gasteiger partial charge is 0.480 e. The molecule has 0 saturated heterocycles. The standard InChI is InChI=1S/C42H74NO9P/c1-3-5-7-9-11-13-15-17-19-20-21-22-24-26-28-30-32-34-41(44)52-39(37-50-53(47,48)51-38-40(43)42(45)46)36-49-35-33-31-29-27-25-23-18-16-14-12-10-8-6-4-2/h5,7,11,13-14,16-17,19,21-22,39-40H,3-4,6,8-10,12,15,18,20,23-38,43H2,1-2H3,(H,45,46)(H,47,48)/b7-5-,13-11-,16-14-,19-17-,22-21-. The number of ether oxygens (including phenoxy) is 2. The molecule has 0 aliphatic carbocycles. The molecule has 11 heteroatoms. The summed E-state index contributed by atoms with van der Waals surface area (Å²) in [7, 11) is -4.62. The molecular formula is C42H74NO9P. The Morgan fingerprint density at radius 1 is 0.623 bits per heavy atom. The number of carboxylic acid groups (broad SMARTS) is 1. The lowest BCUT2D eigenvalue weighted by atomic mass is 10.1. The predicted octanol–water partition coefficient (Wildman–Crippen LogP) is 10.9. The number of allylic oxidation sites excluding steroid dienone is 10. The molecule has 0 aromatic heterocycles. The van der Waals surface area contributed by atoms with Crippen molar-refractivity contribution in [1.82, 2.24) is 0 Å². The molecule has 3 unspecified atom stereocenters. The van der Waals surface area contributed by atoms with E-state index in [2.05, 4.69) is 74.6 Å². The van der Waals surface area contributed by atoms with Crippen molar-refractivity contribution in [3.8, 4) is 0 Å². The second-order valence-corrected chi connectivity index (χ2v) is 14.8.